The summed E-state index contributed by atoms with van der Waals surface area (Å²) in [6, 6.07) is 8.76. The second kappa shape index (κ2) is 6.49. The Balaban J connectivity index is 2.45. The molecule has 0 nitrogen and oxygen atoms in total. The lowest BCUT2D eigenvalue weighted by atomic mass is 10.0. The predicted molar refractivity (Wildman–Crippen MR) is 74.1 cm³/mol. The third kappa shape index (κ3) is 4.52. The minimum Gasteiger partial charge on any atom is -0.179 e. The smallest absolute Gasteiger partial charge is 0.00722 e. The van der Waals surface area contributed by atoms with E-state index in [1.807, 2.05) is 11.8 Å². The average Bonchev–Trinajstić information content (AvgIpc) is 2.21. The summed E-state index contributed by atoms with van der Waals surface area (Å²) in [6.07, 6.45) is 0. The minimum absolute atomic E-state index is 0.708. The second-order valence-corrected chi connectivity index (χ2v) is 5.77. The van der Waals surface area contributed by atoms with Gasteiger partial charge in [-0.3, -0.25) is 0 Å². The van der Waals surface area contributed by atoms with Crippen molar-refractivity contribution in [1.29, 1.82) is 0 Å². The van der Waals surface area contributed by atoms with Gasteiger partial charge in [0.15, 0.2) is 0 Å². The van der Waals surface area contributed by atoms with E-state index in [1.165, 1.54) is 16.2 Å². The number of thiol groups is 1. The highest BCUT2D eigenvalue weighted by atomic mass is 32.2. The molecule has 0 N–H and O–H groups in total. The molecule has 0 spiro atoms. The molecule has 0 saturated heterocycles. The molecule has 1 rings (SSSR count). The molecule has 1 aromatic rings. The van der Waals surface area contributed by atoms with E-state index in [0.717, 1.165) is 11.7 Å². The van der Waals surface area contributed by atoms with E-state index in [0.29, 0.717) is 5.92 Å². The zero-order valence-corrected chi connectivity index (χ0v) is 11.4. The Bertz CT molecular complexity index is 277. The first kappa shape index (κ1) is 13.0. The molecule has 0 bridgehead atoms. The van der Waals surface area contributed by atoms with Gasteiger partial charge in [-0.2, -0.15) is 12.6 Å². The quantitative estimate of drug-likeness (QED) is 0.592. The number of thioether (sulfide) groups is 1. The van der Waals surface area contributed by atoms with Crippen LogP contribution in [0.2, 0.25) is 0 Å². The lowest BCUT2D eigenvalue weighted by Crippen LogP contribution is -2.13. The largest absolute Gasteiger partial charge is 0.179 e. The van der Waals surface area contributed by atoms with Crippen molar-refractivity contribution in [3.05, 3.63) is 29.8 Å². The maximum Gasteiger partial charge on any atom is 0.00722 e. The Kier molecular flexibility index (Phi) is 5.62. The van der Waals surface area contributed by atoms with Crippen molar-refractivity contribution in [2.75, 3.05) is 11.5 Å². The zero-order chi connectivity index (χ0) is 11.3. The fourth-order valence-corrected chi connectivity index (χ4v) is 3.26. The van der Waals surface area contributed by atoms with Crippen molar-refractivity contribution in [2.45, 2.75) is 25.7 Å². The molecule has 84 valence electrons. The van der Waals surface area contributed by atoms with Gasteiger partial charge in [-0.15, -0.1) is 11.8 Å². The molecule has 0 fully saturated rings. The summed E-state index contributed by atoms with van der Waals surface area (Å²) in [5.74, 6) is 3.58. The van der Waals surface area contributed by atoms with Crippen LogP contribution < -0.4 is 0 Å². The lowest BCUT2D eigenvalue weighted by Gasteiger charge is -2.17. The van der Waals surface area contributed by atoms with Crippen LogP contribution in [0.5, 0.6) is 0 Å². The number of hydrogen-bond acceptors (Lipinski definition) is 2. The van der Waals surface area contributed by atoms with Crippen LogP contribution in [-0.4, -0.2) is 11.5 Å². The fourth-order valence-electron chi connectivity index (χ4n) is 1.29. The normalized spacial score (nSPS) is 13.1. The third-order valence-corrected chi connectivity index (χ3v) is 4.33. The van der Waals surface area contributed by atoms with Crippen LogP contribution in [-0.2, 0) is 0 Å². The number of aryl methyl sites for hydroxylation is 1. The van der Waals surface area contributed by atoms with Gasteiger partial charge in [0, 0.05) is 10.6 Å². The van der Waals surface area contributed by atoms with E-state index in [9.17, 15) is 0 Å². The Morgan fingerprint density at radius 1 is 1.20 bits per heavy atom. The first-order valence-corrected chi connectivity index (χ1v) is 7.05. The standard InChI is InChI=1S/C13H20S2/c1-10(2)12(8-14)9-15-13-6-4-11(3)5-7-13/h4-7,10,12,14H,8-9H2,1-3H3. The lowest BCUT2D eigenvalue weighted by molar-refractivity contribution is 0.473. The molecule has 1 aromatic carbocycles. The summed E-state index contributed by atoms with van der Waals surface area (Å²) in [7, 11) is 0. The van der Waals surface area contributed by atoms with Gasteiger partial charge in [0.1, 0.15) is 0 Å². The fraction of sp³-hybridized carbons (Fsp3) is 0.538. The highest BCUT2D eigenvalue weighted by Gasteiger charge is 2.11. The number of benzene rings is 1. The van der Waals surface area contributed by atoms with Gasteiger partial charge in [-0.05, 0) is 36.6 Å². The van der Waals surface area contributed by atoms with Crippen molar-refractivity contribution in [1.82, 2.24) is 0 Å². The van der Waals surface area contributed by atoms with Crippen LogP contribution in [0.25, 0.3) is 0 Å². The molecule has 0 aliphatic carbocycles. The molecule has 2 heteroatoms. The molecule has 0 saturated carbocycles. The molecular formula is C13H20S2. The number of rotatable bonds is 5. The average molecular weight is 240 g/mol. The molecule has 15 heavy (non-hydrogen) atoms. The van der Waals surface area contributed by atoms with Crippen LogP contribution in [0.4, 0.5) is 0 Å². The first-order chi connectivity index (χ1) is 7.13. The molecule has 0 amide bonds. The summed E-state index contributed by atoms with van der Waals surface area (Å²) in [5, 5.41) is 0. The molecule has 0 aromatic heterocycles. The Labute approximate surface area is 103 Å². The van der Waals surface area contributed by atoms with Crippen molar-refractivity contribution < 1.29 is 0 Å². The van der Waals surface area contributed by atoms with Gasteiger partial charge in [-0.1, -0.05) is 31.5 Å². The Morgan fingerprint density at radius 2 is 1.80 bits per heavy atom. The van der Waals surface area contributed by atoms with Crippen LogP contribution in [0.3, 0.4) is 0 Å². The van der Waals surface area contributed by atoms with Gasteiger partial charge in [0.05, 0.1) is 0 Å². The highest BCUT2D eigenvalue weighted by Crippen LogP contribution is 2.25. The van der Waals surface area contributed by atoms with Crippen LogP contribution in [0.15, 0.2) is 29.2 Å². The van der Waals surface area contributed by atoms with E-state index in [-0.39, 0.29) is 0 Å². The molecule has 0 aliphatic heterocycles. The van der Waals surface area contributed by atoms with E-state index in [2.05, 4.69) is 57.7 Å². The van der Waals surface area contributed by atoms with E-state index < -0.39 is 0 Å². The molecule has 0 aliphatic rings. The maximum absolute atomic E-state index is 4.40. The summed E-state index contributed by atoms with van der Waals surface area (Å²) >= 11 is 6.35. The third-order valence-electron chi connectivity index (χ3n) is 2.66. The molecule has 1 atom stereocenters. The molecule has 0 heterocycles. The summed E-state index contributed by atoms with van der Waals surface area (Å²) < 4.78 is 0. The van der Waals surface area contributed by atoms with E-state index in [4.69, 9.17) is 0 Å². The number of hydrogen-bond donors (Lipinski definition) is 1. The Morgan fingerprint density at radius 3 is 2.27 bits per heavy atom. The topological polar surface area (TPSA) is 0 Å². The van der Waals surface area contributed by atoms with E-state index in [1.54, 1.807) is 0 Å². The van der Waals surface area contributed by atoms with Gasteiger partial charge >= 0.3 is 0 Å². The maximum atomic E-state index is 4.40. The monoisotopic (exact) mass is 240 g/mol. The molecule has 1 unspecified atom stereocenters. The van der Waals surface area contributed by atoms with Crippen molar-refractivity contribution in [2.24, 2.45) is 11.8 Å². The molecular weight excluding hydrogens is 220 g/mol. The van der Waals surface area contributed by atoms with Crippen molar-refractivity contribution >= 4 is 24.4 Å². The second-order valence-electron chi connectivity index (χ2n) is 4.31. The van der Waals surface area contributed by atoms with Gasteiger partial charge in [0.2, 0.25) is 0 Å². The van der Waals surface area contributed by atoms with Gasteiger partial charge in [0.25, 0.3) is 0 Å². The molecule has 0 radical (unpaired) electrons. The Hall–Kier alpha value is -0.0800. The summed E-state index contributed by atoms with van der Waals surface area (Å²) in [6.45, 7) is 6.67. The predicted octanol–water partition coefficient (Wildman–Crippen LogP) is 4.29. The van der Waals surface area contributed by atoms with Crippen LogP contribution in [0, 0.1) is 18.8 Å². The summed E-state index contributed by atoms with van der Waals surface area (Å²) in [5.41, 5.74) is 1.33. The van der Waals surface area contributed by atoms with Crippen molar-refractivity contribution in [3.63, 3.8) is 0 Å². The summed E-state index contributed by atoms with van der Waals surface area (Å²) in [4.78, 5) is 1.37. The SMILES string of the molecule is Cc1ccc(SCC(CS)C(C)C)cc1. The van der Waals surface area contributed by atoms with E-state index >= 15 is 0 Å². The van der Waals surface area contributed by atoms with Crippen LogP contribution in [0.1, 0.15) is 19.4 Å². The van der Waals surface area contributed by atoms with Crippen molar-refractivity contribution in [3.8, 4) is 0 Å². The zero-order valence-electron chi connectivity index (χ0n) is 9.73. The van der Waals surface area contributed by atoms with Crippen LogP contribution >= 0.6 is 24.4 Å². The van der Waals surface area contributed by atoms with Gasteiger partial charge < -0.3 is 0 Å². The first-order valence-electron chi connectivity index (χ1n) is 5.43. The minimum atomic E-state index is 0.708. The van der Waals surface area contributed by atoms with Gasteiger partial charge in [-0.25, -0.2) is 0 Å². The highest BCUT2D eigenvalue weighted by molar-refractivity contribution is 7.99.